The quantitative estimate of drug-likeness (QED) is 0.782. The third kappa shape index (κ3) is 1.70. The topological polar surface area (TPSA) is 12.0 Å². The molecule has 2 aromatic rings. The molecule has 0 saturated carbocycles. The van der Waals surface area contributed by atoms with Crippen molar-refractivity contribution in [2.45, 2.75) is 13.3 Å². The van der Waals surface area contributed by atoms with E-state index in [0.29, 0.717) is 0 Å². The van der Waals surface area contributed by atoms with Crippen LogP contribution in [0.1, 0.15) is 11.1 Å². The lowest BCUT2D eigenvalue weighted by Gasteiger charge is -2.10. The minimum Gasteiger partial charge on any atom is -0.384 e. The molecule has 0 aromatic heterocycles. The maximum atomic E-state index is 13.1. The number of rotatable bonds is 1. The number of aryl methyl sites for hydroxylation is 1. The standard InChI is InChI=1S/C15H14FN/c1-10-9-11(16)5-6-12(10)13-3-2-4-15-14(13)7-8-17-15/h2-6,9,17H,7-8H2,1H3. The molecule has 0 saturated heterocycles. The summed E-state index contributed by atoms with van der Waals surface area (Å²) in [6.45, 7) is 2.95. The SMILES string of the molecule is Cc1cc(F)ccc1-c1cccc2c1CCN2. The minimum absolute atomic E-state index is 0.169. The van der Waals surface area contributed by atoms with E-state index in [1.807, 2.05) is 13.0 Å². The van der Waals surface area contributed by atoms with Crippen molar-refractivity contribution in [3.63, 3.8) is 0 Å². The zero-order chi connectivity index (χ0) is 11.8. The monoisotopic (exact) mass is 227 g/mol. The number of nitrogens with one attached hydrogen (secondary N) is 1. The maximum absolute atomic E-state index is 13.1. The molecule has 0 amide bonds. The van der Waals surface area contributed by atoms with E-state index in [4.69, 9.17) is 0 Å². The normalized spacial score (nSPS) is 13.3. The van der Waals surface area contributed by atoms with Crippen LogP contribution in [0.4, 0.5) is 10.1 Å². The number of hydrogen-bond donors (Lipinski definition) is 1. The van der Waals surface area contributed by atoms with Gasteiger partial charge in [0, 0.05) is 12.2 Å². The van der Waals surface area contributed by atoms with Gasteiger partial charge in [-0.2, -0.15) is 0 Å². The average Bonchev–Trinajstić information content (AvgIpc) is 2.77. The van der Waals surface area contributed by atoms with Crippen LogP contribution in [0, 0.1) is 12.7 Å². The Morgan fingerprint density at radius 2 is 2.00 bits per heavy atom. The first-order valence-electron chi connectivity index (χ1n) is 5.88. The summed E-state index contributed by atoms with van der Waals surface area (Å²) in [5.41, 5.74) is 5.91. The highest BCUT2D eigenvalue weighted by Crippen LogP contribution is 2.34. The van der Waals surface area contributed by atoms with Crippen LogP contribution in [0.25, 0.3) is 11.1 Å². The first-order chi connectivity index (χ1) is 8.25. The molecule has 0 radical (unpaired) electrons. The van der Waals surface area contributed by atoms with E-state index >= 15 is 0 Å². The third-order valence-corrected chi connectivity index (χ3v) is 3.35. The number of benzene rings is 2. The molecule has 17 heavy (non-hydrogen) atoms. The summed E-state index contributed by atoms with van der Waals surface area (Å²) >= 11 is 0. The van der Waals surface area contributed by atoms with E-state index in [1.165, 1.54) is 22.9 Å². The summed E-state index contributed by atoms with van der Waals surface area (Å²) in [4.78, 5) is 0. The number of fused-ring (bicyclic) bond motifs is 1. The van der Waals surface area contributed by atoms with Gasteiger partial charge in [-0.25, -0.2) is 4.39 Å². The maximum Gasteiger partial charge on any atom is 0.123 e. The van der Waals surface area contributed by atoms with Crippen LogP contribution in [-0.2, 0) is 6.42 Å². The van der Waals surface area contributed by atoms with Gasteiger partial charge in [0.15, 0.2) is 0 Å². The molecule has 1 nitrogen and oxygen atoms in total. The van der Waals surface area contributed by atoms with Crippen LogP contribution in [0.15, 0.2) is 36.4 Å². The zero-order valence-electron chi connectivity index (χ0n) is 9.76. The minimum atomic E-state index is -0.169. The Bertz CT molecular complexity index is 575. The highest BCUT2D eigenvalue weighted by atomic mass is 19.1. The summed E-state index contributed by atoms with van der Waals surface area (Å²) in [6, 6.07) is 11.3. The average molecular weight is 227 g/mol. The van der Waals surface area contributed by atoms with E-state index in [9.17, 15) is 4.39 Å². The molecular formula is C15H14FN. The van der Waals surface area contributed by atoms with E-state index in [0.717, 1.165) is 24.1 Å². The predicted octanol–water partition coefficient (Wildman–Crippen LogP) is 3.77. The fraction of sp³-hybridized carbons (Fsp3) is 0.200. The number of anilines is 1. The molecule has 0 spiro atoms. The van der Waals surface area contributed by atoms with E-state index in [1.54, 1.807) is 6.07 Å². The van der Waals surface area contributed by atoms with Crippen molar-refractivity contribution in [2.75, 3.05) is 11.9 Å². The van der Waals surface area contributed by atoms with Crippen LogP contribution < -0.4 is 5.32 Å². The summed E-state index contributed by atoms with van der Waals surface area (Å²) in [6.07, 6.45) is 1.04. The molecule has 0 bridgehead atoms. The first-order valence-corrected chi connectivity index (χ1v) is 5.88. The lowest BCUT2D eigenvalue weighted by molar-refractivity contribution is 0.627. The van der Waals surface area contributed by atoms with Crippen LogP contribution >= 0.6 is 0 Å². The lowest BCUT2D eigenvalue weighted by atomic mass is 9.94. The Morgan fingerprint density at radius 1 is 1.12 bits per heavy atom. The molecule has 0 unspecified atom stereocenters. The Morgan fingerprint density at radius 3 is 2.82 bits per heavy atom. The van der Waals surface area contributed by atoms with Crippen molar-refractivity contribution >= 4 is 5.69 Å². The molecule has 2 aromatic carbocycles. The van der Waals surface area contributed by atoms with Crippen molar-refractivity contribution in [2.24, 2.45) is 0 Å². The molecule has 1 heterocycles. The van der Waals surface area contributed by atoms with Gasteiger partial charge >= 0.3 is 0 Å². The molecule has 0 fully saturated rings. The van der Waals surface area contributed by atoms with Gasteiger partial charge < -0.3 is 5.32 Å². The molecule has 0 aliphatic carbocycles. The van der Waals surface area contributed by atoms with Gasteiger partial charge in [-0.05, 0) is 53.8 Å². The van der Waals surface area contributed by atoms with E-state index in [2.05, 4.69) is 23.5 Å². The van der Waals surface area contributed by atoms with Crippen molar-refractivity contribution in [1.82, 2.24) is 0 Å². The second-order valence-corrected chi connectivity index (χ2v) is 4.47. The van der Waals surface area contributed by atoms with Gasteiger partial charge in [-0.3, -0.25) is 0 Å². The third-order valence-electron chi connectivity index (χ3n) is 3.35. The fourth-order valence-electron chi connectivity index (χ4n) is 2.53. The predicted molar refractivity (Wildman–Crippen MR) is 68.8 cm³/mol. The second kappa shape index (κ2) is 3.88. The molecule has 2 heteroatoms. The summed E-state index contributed by atoms with van der Waals surface area (Å²) in [7, 11) is 0. The molecule has 1 aliphatic rings. The van der Waals surface area contributed by atoms with Gasteiger partial charge in [-0.15, -0.1) is 0 Å². The highest BCUT2D eigenvalue weighted by Gasteiger charge is 2.15. The van der Waals surface area contributed by atoms with Gasteiger partial charge in [0.1, 0.15) is 5.82 Å². The summed E-state index contributed by atoms with van der Waals surface area (Å²) < 4.78 is 13.1. The smallest absolute Gasteiger partial charge is 0.123 e. The van der Waals surface area contributed by atoms with Crippen LogP contribution in [0.3, 0.4) is 0 Å². The van der Waals surface area contributed by atoms with Crippen molar-refractivity contribution in [3.8, 4) is 11.1 Å². The second-order valence-electron chi connectivity index (χ2n) is 4.47. The summed E-state index contributed by atoms with van der Waals surface area (Å²) in [5, 5.41) is 3.37. The molecular weight excluding hydrogens is 213 g/mol. The van der Waals surface area contributed by atoms with E-state index in [-0.39, 0.29) is 5.82 Å². The van der Waals surface area contributed by atoms with E-state index < -0.39 is 0 Å². The van der Waals surface area contributed by atoms with Gasteiger partial charge in [0.05, 0.1) is 0 Å². The van der Waals surface area contributed by atoms with Crippen molar-refractivity contribution in [3.05, 3.63) is 53.3 Å². The van der Waals surface area contributed by atoms with Crippen molar-refractivity contribution in [1.29, 1.82) is 0 Å². The Kier molecular flexibility index (Phi) is 2.36. The van der Waals surface area contributed by atoms with Crippen LogP contribution in [-0.4, -0.2) is 6.54 Å². The highest BCUT2D eigenvalue weighted by molar-refractivity contribution is 5.77. The fourth-order valence-corrected chi connectivity index (χ4v) is 2.53. The van der Waals surface area contributed by atoms with Gasteiger partial charge in [0.2, 0.25) is 0 Å². The molecule has 3 rings (SSSR count). The largest absolute Gasteiger partial charge is 0.384 e. The Hall–Kier alpha value is -1.83. The Balaban J connectivity index is 2.19. The van der Waals surface area contributed by atoms with Crippen molar-refractivity contribution < 1.29 is 4.39 Å². The number of halogens is 1. The van der Waals surface area contributed by atoms with Crippen LogP contribution in [0.2, 0.25) is 0 Å². The Labute approximate surface area is 100 Å². The zero-order valence-corrected chi connectivity index (χ0v) is 9.76. The first kappa shape index (κ1) is 10.3. The lowest BCUT2D eigenvalue weighted by Crippen LogP contribution is -1.90. The summed E-state index contributed by atoms with van der Waals surface area (Å²) in [5.74, 6) is -0.169. The molecule has 1 N–H and O–H groups in total. The number of hydrogen-bond acceptors (Lipinski definition) is 1. The van der Waals surface area contributed by atoms with Crippen LogP contribution in [0.5, 0.6) is 0 Å². The van der Waals surface area contributed by atoms with Gasteiger partial charge in [0.25, 0.3) is 0 Å². The molecule has 0 atom stereocenters. The molecule has 1 aliphatic heterocycles. The molecule has 86 valence electrons. The van der Waals surface area contributed by atoms with Gasteiger partial charge in [-0.1, -0.05) is 18.2 Å².